The summed E-state index contributed by atoms with van der Waals surface area (Å²) in [7, 11) is 3.32. The highest BCUT2D eigenvalue weighted by molar-refractivity contribution is 14.0. The van der Waals surface area contributed by atoms with Gasteiger partial charge in [-0.05, 0) is 25.5 Å². The zero-order chi connectivity index (χ0) is 18.5. The van der Waals surface area contributed by atoms with Crippen molar-refractivity contribution < 1.29 is 14.3 Å². The molecule has 0 aliphatic heterocycles. The lowest BCUT2D eigenvalue weighted by atomic mass is 10.3. The summed E-state index contributed by atoms with van der Waals surface area (Å²) >= 11 is 0. The number of nitrogens with zero attached hydrogens (tertiary/aromatic N) is 1. The van der Waals surface area contributed by atoms with Crippen LogP contribution in [-0.2, 0) is 4.79 Å². The molecule has 0 saturated heterocycles. The molecular formula is C18H31IN4O3. The van der Waals surface area contributed by atoms with Gasteiger partial charge in [0.15, 0.2) is 5.96 Å². The Morgan fingerprint density at radius 3 is 2.58 bits per heavy atom. The van der Waals surface area contributed by atoms with E-state index in [2.05, 4.69) is 20.9 Å². The Hall–Kier alpha value is -1.71. The summed E-state index contributed by atoms with van der Waals surface area (Å²) in [5.41, 5.74) is 0. The number of carbonyl (C=O) groups is 1. The van der Waals surface area contributed by atoms with Crippen LogP contribution in [0.4, 0.5) is 0 Å². The van der Waals surface area contributed by atoms with Crippen LogP contribution in [-0.4, -0.2) is 51.8 Å². The van der Waals surface area contributed by atoms with Crippen molar-refractivity contribution in [2.24, 2.45) is 4.99 Å². The average molecular weight is 478 g/mol. The van der Waals surface area contributed by atoms with Crippen LogP contribution >= 0.6 is 24.0 Å². The van der Waals surface area contributed by atoms with Gasteiger partial charge in [-0.2, -0.15) is 0 Å². The van der Waals surface area contributed by atoms with Gasteiger partial charge in [-0.3, -0.25) is 9.79 Å². The third-order valence-corrected chi connectivity index (χ3v) is 3.38. The van der Waals surface area contributed by atoms with Crippen molar-refractivity contribution in [1.82, 2.24) is 16.0 Å². The SMILES string of the molecule is CCCNC(=O)CCNC(=NC)NCC(C)Oc1cccc(OC)c1.I. The van der Waals surface area contributed by atoms with Gasteiger partial charge in [-0.1, -0.05) is 13.0 Å². The summed E-state index contributed by atoms with van der Waals surface area (Å²) in [6.07, 6.45) is 1.29. The number of ether oxygens (including phenoxy) is 2. The van der Waals surface area contributed by atoms with Gasteiger partial charge < -0.3 is 25.4 Å². The van der Waals surface area contributed by atoms with E-state index in [4.69, 9.17) is 9.47 Å². The van der Waals surface area contributed by atoms with E-state index in [-0.39, 0.29) is 36.0 Å². The number of aliphatic imine (C=N–C) groups is 1. The molecule has 8 heteroatoms. The van der Waals surface area contributed by atoms with Gasteiger partial charge in [0.25, 0.3) is 0 Å². The van der Waals surface area contributed by atoms with Crippen LogP contribution in [0, 0.1) is 0 Å². The third-order valence-electron chi connectivity index (χ3n) is 3.38. The first-order chi connectivity index (χ1) is 12.1. The van der Waals surface area contributed by atoms with E-state index >= 15 is 0 Å². The zero-order valence-corrected chi connectivity index (χ0v) is 18.3. The molecule has 1 atom stereocenters. The molecule has 0 aromatic heterocycles. The number of hydrogen-bond donors (Lipinski definition) is 3. The molecule has 1 unspecified atom stereocenters. The average Bonchev–Trinajstić information content (AvgIpc) is 2.62. The maximum Gasteiger partial charge on any atom is 0.221 e. The number of nitrogens with one attached hydrogen (secondary N) is 3. The lowest BCUT2D eigenvalue weighted by molar-refractivity contribution is -0.120. The van der Waals surface area contributed by atoms with Gasteiger partial charge >= 0.3 is 0 Å². The second kappa shape index (κ2) is 14.5. The zero-order valence-electron chi connectivity index (χ0n) is 16.0. The summed E-state index contributed by atoms with van der Waals surface area (Å²) in [4.78, 5) is 15.7. The number of benzene rings is 1. The van der Waals surface area contributed by atoms with E-state index in [1.54, 1.807) is 14.2 Å². The van der Waals surface area contributed by atoms with E-state index in [9.17, 15) is 4.79 Å². The standard InChI is InChI=1S/C18H30N4O3.HI/c1-5-10-20-17(23)9-11-21-18(19-3)22-13-14(2)25-16-8-6-7-15(12-16)24-4;/h6-8,12,14H,5,9-11,13H2,1-4H3,(H,20,23)(H2,19,21,22);1H. The summed E-state index contributed by atoms with van der Waals surface area (Å²) in [5, 5.41) is 9.14. The Balaban J connectivity index is 0.00000625. The van der Waals surface area contributed by atoms with Crippen molar-refractivity contribution in [3.63, 3.8) is 0 Å². The minimum atomic E-state index is -0.0569. The molecule has 148 valence electrons. The van der Waals surface area contributed by atoms with E-state index in [1.807, 2.05) is 38.1 Å². The van der Waals surface area contributed by atoms with Crippen molar-refractivity contribution in [2.45, 2.75) is 32.8 Å². The van der Waals surface area contributed by atoms with Gasteiger partial charge in [-0.25, -0.2) is 0 Å². The number of carbonyl (C=O) groups excluding carboxylic acids is 1. The number of methoxy groups -OCH3 is 1. The fourth-order valence-corrected chi connectivity index (χ4v) is 2.06. The third kappa shape index (κ3) is 10.3. The second-order valence-corrected chi connectivity index (χ2v) is 5.59. The lowest BCUT2D eigenvalue weighted by Crippen LogP contribution is -2.43. The molecule has 7 nitrogen and oxygen atoms in total. The predicted molar refractivity (Wildman–Crippen MR) is 116 cm³/mol. The maximum atomic E-state index is 11.6. The van der Waals surface area contributed by atoms with Gasteiger partial charge in [-0.15, -0.1) is 24.0 Å². The molecule has 26 heavy (non-hydrogen) atoms. The molecule has 0 aliphatic carbocycles. The smallest absolute Gasteiger partial charge is 0.221 e. The van der Waals surface area contributed by atoms with Crippen molar-refractivity contribution in [1.29, 1.82) is 0 Å². The minimum Gasteiger partial charge on any atom is -0.497 e. The molecule has 1 aromatic rings. The first kappa shape index (κ1) is 24.3. The summed E-state index contributed by atoms with van der Waals surface area (Å²) < 4.78 is 11.0. The van der Waals surface area contributed by atoms with Gasteiger partial charge in [0.2, 0.25) is 5.91 Å². The van der Waals surface area contributed by atoms with Crippen LogP contribution in [0.5, 0.6) is 11.5 Å². The van der Waals surface area contributed by atoms with Gasteiger partial charge in [0, 0.05) is 32.6 Å². The molecule has 0 saturated carbocycles. The Labute approximate surface area is 173 Å². The summed E-state index contributed by atoms with van der Waals surface area (Å²) in [6.45, 7) is 5.82. The predicted octanol–water partition coefficient (Wildman–Crippen LogP) is 2.16. The highest BCUT2D eigenvalue weighted by atomic mass is 127. The molecule has 0 spiro atoms. The topological polar surface area (TPSA) is 84.0 Å². The lowest BCUT2D eigenvalue weighted by Gasteiger charge is -2.18. The number of rotatable bonds is 10. The molecule has 0 fully saturated rings. The second-order valence-electron chi connectivity index (χ2n) is 5.59. The fourth-order valence-electron chi connectivity index (χ4n) is 2.06. The molecule has 0 heterocycles. The number of hydrogen-bond acceptors (Lipinski definition) is 4. The summed E-state index contributed by atoms with van der Waals surface area (Å²) in [5.74, 6) is 2.20. The molecule has 1 amide bonds. The quantitative estimate of drug-likeness (QED) is 0.273. The molecule has 0 radical (unpaired) electrons. The van der Waals surface area contributed by atoms with Crippen molar-refractivity contribution in [3.05, 3.63) is 24.3 Å². The van der Waals surface area contributed by atoms with Crippen molar-refractivity contribution in [2.75, 3.05) is 33.8 Å². The van der Waals surface area contributed by atoms with E-state index in [1.165, 1.54) is 0 Å². The Morgan fingerprint density at radius 2 is 1.92 bits per heavy atom. The molecule has 1 rings (SSSR count). The molecule has 0 bridgehead atoms. The number of halogens is 1. The van der Waals surface area contributed by atoms with E-state index in [0.717, 1.165) is 17.9 Å². The highest BCUT2D eigenvalue weighted by Gasteiger charge is 2.07. The maximum absolute atomic E-state index is 11.6. The Kier molecular flexibility index (Phi) is 13.5. The first-order valence-electron chi connectivity index (χ1n) is 8.61. The fraction of sp³-hybridized carbons (Fsp3) is 0.556. The monoisotopic (exact) mass is 478 g/mol. The van der Waals surface area contributed by atoms with Crippen LogP contribution in [0.25, 0.3) is 0 Å². The van der Waals surface area contributed by atoms with E-state index in [0.29, 0.717) is 32.0 Å². The highest BCUT2D eigenvalue weighted by Crippen LogP contribution is 2.19. The van der Waals surface area contributed by atoms with Crippen molar-refractivity contribution >= 4 is 35.8 Å². The van der Waals surface area contributed by atoms with Crippen LogP contribution in [0.15, 0.2) is 29.3 Å². The molecule has 1 aromatic carbocycles. The Bertz CT molecular complexity index is 555. The first-order valence-corrected chi connectivity index (χ1v) is 8.61. The normalized spacial score (nSPS) is 11.8. The molecular weight excluding hydrogens is 447 g/mol. The largest absolute Gasteiger partial charge is 0.497 e. The van der Waals surface area contributed by atoms with Crippen molar-refractivity contribution in [3.8, 4) is 11.5 Å². The molecule has 3 N–H and O–H groups in total. The van der Waals surface area contributed by atoms with Gasteiger partial charge in [0.05, 0.1) is 13.7 Å². The van der Waals surface area contributed by atoms with Crippen LogP contribution in [0.3, 0.4) is 0 Å². The Morgan fingerprint density at radius 1 is 1.19 bits per heavy atom. The summed E-state index contributed by atoms with van der Waals surface area (Å²) in [6, 6.07) is 7.50. The number of guanidine groups is 1. The minimum absolute atomic E-state index is 0. The van der Waals surface area contributed by atoms with Crippen LogP contribution < -0.4 is 25.4 Å². The van der Waals surface area contributed by atoms with Crippen LogP contribution in [0.2, 0.25) is 0 Å². The number of amides is 1. The van der Waals surface area contributed by atoms with Crippen LogP contribution in [0.1, 0.15) is 26.7 Å². The van der Waals surface area contributed by atoms with E-state index < -0.39 is 0 Å². The van der Waals surface area contributed by atoms with Gasteiger partial charge in [0.1, 0.15) is 17.6 Å². The molecule has 0 aliphatic rings.